The summed E-state index contributed by atoms with van der Waals surface area (Å²) in [5.41, 5.74) is -0.106. The van der Waals surface area contributed by atoms with Crippen LogP contribution in [0.2, 0.25) is 0 Å². The molecule has 0 saturated carbocycles. The number of hydrogen-bond acceptors (Lipinski definition) is 4. The number of likely N-dealkylation sites (N-methyl/N-ethyl adjacent to an activating group) is 1. The van der Waals surface area contributed by atoms with E-state index in [1.807, 2.05) is 27.9 Å². The van der Waals surface area contributed by atoms with Gasteiger partial charge in [0.1, 0.15) is 11.6 Å². The number of rotatable bonds is 5. The van der Waals surface area contributed by atoms with Crippen molar-refractivity contribution in [2.75, 3.05) is 32.5 Å². The Hall–Kier alpha value is -1.36. The van der Waals surface area contributed by atoms with Crippen molar-refractivity contribution < 1.29 is 0 Å². The van der Waals surface area contributed by atoms with Crippen LogP contribution < -0.4 is 10.9 Å². The summed E-state index contributed by atoms with van der Waals surface area (Å²) < 4.78 is 0. The number of anilines is 1. The lowest BCUT2D eigenvalue weighted by Crippen LogP contribution is -2.22. The molecule has 1 aromatic rings. The summed E-state index contributed by atoms with van der Waals surface area (Å²) in [6, 6.07) is 1.49. The van der Waals surface area contributed by atoms with Crippen molar-refractivity contribution in [1.82, 2.24) is 14.9 Å². The lowest BCUT2D eigenvalue weighted by molar-refractivity contribution is 0.425. The van der Waals surface area contributed by atoms with Gasteiger partial charge in [-0.3, -0.25) is 4.79 Å². The van der Waals surface area contributed by atoms with Crippen LogP contribution in [0.3, 0.4) is 0 Å². The fourth-order valence-corrected chi connectivity index (χ4v) is 1.25. The van der Waals surface area contributed by atoms with Gasteiger partial charge in [0.2, 0.25) is 0 Å². The molecule has 2 N–H and O–H groups in total. The van der Waals surface area contributed by atoms with E-state index in [1.165, 1.54) is 6.07 Å². The van der Waals surface area contributed by atoms with E-state index in [4.69, 9.17) is 0 Å². The third kappa shape index (κ3) is 4.02. The van der Waals surface area contributed by atoms with Crippen LogP contribution in [0.5, 0.6) is 0 Å². The van der Waals surface area contributed by atoms with Crippen LogP contribution in [-0.4, -0.2) is 42.1 Å². The molecule has 16 heavy (non-hydrogen) atoms. The van der Waals surface area contributed by atoms with Crippen LogP contribution in [-0.2, 0) is 0 Å². The lowest BCUT2D eigenvalue weighted by atomic mass is 10.2. The van der Waals surface area contributed by atoms with Crippen molar-refractivity contribution in [3.05, 3.63) is 22.2 Å². The quantitative estimate of drug-likeness (QED) is 0.779. The van der Waals surface area contributed by atoms with E-state index < -0.39 is 0 Å². The van der Waals surface area contributed by atoms with Gasteiger partial charge in [-0.2, -0.15) is 0 Å². The zero-order valence-electron chi connectivity index (χ0n) is 10.4. The summed E-state index contributed by atoms with van der Waals surface area (Å²) in [4.78, 5) is 20.5. The fourth-order valence-electron chi connectivity index (χ4n) is 1.25. The minimum Gasteiger partial charge on any atom is -0.369 e. The number of nitrogens with zero attached hydrogens (tertiary/aromatic N) is 2. The third-order valence-corrected chi connectivity index (χ3v) is 2.17. The normalized spacial score (nSPS) is 11.1. The predicted octanol–water partition coefficient (Wildman–Crippen LogP) is 0.867. The van der Waals surface area contributed by atoms with Crippen molar-refractivity contribution in [3.63, 3.8) is 0 Å². The number of nitrogens with one attached hydrogen (secondary N) is 2. The van der Waals surface area contributed by atoms with Crippen LogP contribution in [0, 0.1) is 0 Å². The highest BCUT2D eigenvalue weighted by molar-refractivity contribution is 5.33. The lowest BCUT2D eigenvalue weighted by Gasteiger charge is -2.11. The third-order valence-electron chi connectivity index (χ3n) is 2.17. The Morgan fingerprint density at radius 3 is 2.75 bits per heavy atom. The monoisotopic (exact) mass is 224 g/mol. The molecular weight excluding hydrogens is 204 g/mol. The van der Waals surface area contributed by atoms with Gasteiger partial charge < -0.3 is 15.2 Å². The van der Waals surface area contributed by atoms with Gasteiger partial charge in [-0.05, 0) is 14.1 Å². The van der Waals surface area contributed by atoms with Crippen molar-refractivity contribution in [3.8, 4) is 0 Å². The molecule has 0 amide bonds. The molecule has 0 aliphatic rings. The molecule has 0 atom stereocenters. The minimum atomic E-state index is -0.106. The average molecular weight is 224 g/mol. The summed E-state index contributed by atoms with van der Waals surface area (Å²) >= 11 is 0. The zero-order valence-corrected chi connectivity index (χ0v) is 10.4. The van der Waals surface area contributed by atoms with E-state index in [9.17, 15) is 4.79 Å². The van der Waals surface area contributed by atoms with E-state index >= 15 is 0 Å². The SMILES string of the molecule is CC(C)c1nc(NCCN(C)C)cc(=O)[nH]1. The summed E-state index contributed by atoms with van der Waals surface area (Å²) in [5.74, 6) is 1.59. The number of aromatic nitrogens is 2. The maximum atomic E-state index is 11.4. The van der Waals surface area contributed by atoms with Crippen LogP contribution in [0.15, 0.2) is 10.9 Å². The molecule has 5 heteroatoms. The van der Waals surface area contributed by atoms with Gasteiger partial charge in [0.15, 0.2) is 0 Å². The van der Waals surface area contributed by atoms with Gasteiger partial charge >= 0.3 is 0 Å². The van der Waals surface area contributed by atoms with E-state index in [0.29, 0.717) is 5.82 Å². The maximum absolute atomic E-state index is 11.4. The molecule has 0 aromatic carbocycles. The summed E-state index contributed by atoms with van der Waals surface area (Å²) in [7, 11) is 4.01. The van der Waals surface area contributed by atoms with Crippen LogP contribution in [0.25, 0.3) is 0 Å². The van der Waals surface area contributed by atoms with Crippen LogP contribution >= 0.6 is 0 Å². The maximum Gasteiger partial charge on any atom is 0.252 e. The van der Waals surface area contributed by atoms with Gasteiger partial charge in [0.05, 0.1) is 0 Å². The first-order valence-electron chi connectivity index (χ1n) is 5.49. The number of hydrogen-bond donors (Lipinski definition) is 2. The summed E-state index contributed by atoms with van der Waals surface area (Å²) in [5, 5.41) is 3.14. The molecule has 0 bridgehead atoms. The molecule has 0 spiro atoms. The van der Waals surface area contributed by atoms with Crippen molar-refractivity contribution in [2.24, 2.45) is 0 Å². The standard InChI is InChI=1S/C11H20N4O/c1-8(2)11-13-9(7-10(16)14-11)12-5-6-15(3)4/h7-8H,5-6H2,1-4H3,(H2,12,13,14,16). The Balaban J connectivity index is 2.69. The highest BCUT2D eigenvalue weighted by Gasteiger charge is 2.04. The highest BCUT2D eigenvalue weighted by atomic mass is 16.1. The first-order valence-corrected chi connectivity index (χ1v) is 5.49. The van der Waals surface area contributed by atoms with Crippen LogP contribution in [0.4, 0.5) is 5.82 Å². The number of H-pyrrole nitrogens is 1. The van der Waals surface area contributed by atoms with Gasteiger partial charge in [0, 0.05) is 25.1 Å². The Morgan fingerprint density at radius 2 is 2.19 bits per heavy atom. The molecule has 5 nitrogen and oxygen atoms in total. The van der Waals surface area contributed by atoms with E-state index in [2.05, 4.69) is 20.2 Å². The molecule has 0 unspecified atom stereocenters. The Labute approximate surface area is 95.9 Å². The molecule has 0 fully saturated rings. The molecule has 0 radical (unpaired) electrons. The van der Waals surface area contributed by atoms with E-state index in [1.54, 1.807) is 0 Å². The van der Waals surface area contributed by atoms with E-state index in [0.717, 1.165) is 18.9 Å². The largest absolute Gasteiger partial charge is 0.369 e. The Morgan fingerprint density at radius 1 is 1.50 bits per heavy atom. The Bertz CT molecular complexity index is 384. The fraction of sp³-hybridized carbons (Fsp3) is 0.636. The second-order valence-corrected chi connectivity index (χ2v) is 4.40. The van der Waals surface area contributed by atoms with Crippen molar-refractivity contribution >= 4 is 5.82 Å². The first-order chi connectivity index (χ1) is 7.49. The highest BCUT2D eigenvalue weighted by Crippen LogP contribution is 2.08. The second kappa shape index (κ2) is 5.65. The van der Waals surface area contributed by atoms with Gasteiger partial charge in [0.25, 0.3) is 5.56 Å². The minimum absolute atomic E-state index is 0.106. The second-order valence-electron chi connectivity index (χ2n) is 4.40. The molecule has 1 heterocycles. The Kier molecular flexibility index (Phi) is 4.49. The molecule has 1 rings (SSSR count). The molecule has 1 aromatic heterocycles. The van der Waals surface area contributed by atoms with Crippen molar-refractivity contribution in [2.45, 2.75) is 19.8 Å². The van der Waals surface area contributed by atoms with Crippen LogP contribution in [0.1, 0.15) is 25.6 Å². The topological polar surface area (TPSA) is 61.0 Å². The van der Waals surface area contributed by atoms with Gasteiger partial charge in [-0.1, -0.05) is 13.8 Å². The van der Waals surface area contributed by atoms with Gasteiger partial charge in [-0.25, -0.2) is 4.98 Å². The molecule has 0 saturated heterocycles. The first kappa shape index (κ1) is 12.7. The number of aromatic amines is 1. The van der Waals surface area contributed by atoms with E-state index in [-0.39, 0.29) is 11.5 Å². The smallest absolute Gasteiger partial charge is 0.252 e. The summed E-state index contributed by atoms with van der Waals surface area (Å²) in [6.45, 7) is 5.69. The molecule has 0 aliphatic carbocycles. The van der Waals surface area contributed by atoms with Crippen molar-refractivity contribution in [1.29, 1.82) is 0 Å². The summed E-state index contributed by atoms with van der Waals surface area (Å²) in [6.07, 6.45) is 0. The van der Waals surface area contributed by atoms with Gasteiger partial charge in [-0.15, -0.1) is 0 Å². The molecule has 90 valence electrons. The molecule has 0 aliphatic heterocycles. The average Bonchev–Trinajstić information content (AvgIpc) is 2.16. The molecular formula is C11H20N4O. The zero-order chi connectivity index (χ0) is 12.1. The predicted molar refractivity (Wildman–Crippen MR) is 66.0 cm³/mol.